The molecule has 0 saturated heterocycles. The zero-order valence-corrected chi connectivity index (χ0v) is 11.6. The van der Waals surface area contributed by atoms with Crippen LogP contribution in [0.25, 0.3) is 0 Å². The lowest BCUT2D eigenvalue weighted by Gasteiger charge is -2.21. The standard InChI is InChI=1S/C16H26/c1-6-8-13-10-14(9-7-2)12-15(11-13)16(3,4)5/h10-12H,6-9H2,1-5H3. The molecule has 0 nitrogen and oxygen atoms in total. The van der Waals surface area contributed by atoms with Gasteiger partial charge in [-0.15, -0.1) is 0 Å². The summed E-state index contributed by atoms with van der Waals surface area (Å²) in [6.07, 6.45) is 4.89. The van der Waals surface area contributed by atoms with Gasteiger partial charge in [-0.05, 0) is 34.9 Å². The molecule has 0 radical (unpaired) electrons. The molecule has 0 heterocycles. The number of aryl methyl sites for hydroxylation is 2. The van der Waals surface area contributed by atoms with Crippen molar-refractivity contribution < 1.29 is 0 Å². The van der Waals surface area contributed by atoms with E-state index in [1.807, 2.05) is 0 Å². The highest BCUT2D eigenvalue weighted by molar-refractivity contribution is 5.34. The van der Waals surface area contributed by atoms with Crippen molar-refractivity contribution in [1.82, 2.24) is 0 Å². The molecule has 0 saturated carbocycles. The van der Waals surface area contributed by atoms with Crippen molar-refractivity contribution >= 4 is 0 Å². The van der Waals surface area contributed by atoms with Crippen LogP contribution in [0.2, 0.25) is 0 Å². The Morgan fingerprint density at radius 2 is 1.25 bits per heavy atom. The molecule has 0 atom stereocenters. The molecular formula is C16H26. The van der Waals surface area contributed by atoms with Gasteiger partial charge in [0.2, 0.25) is 0 Å². The molecule has 0 heteroatoms. The Balaban J connectivity index is 3.08. The van der Waals surface area contributed by atoms with E-state index in [1.54, 1.807) is 0 Å². The summed E-state index contributed by atoms with van der Waals surface area (Å²) < 4.78 is 0. The average Bonchev–Trinajstić information content (AvgIpc) is 2.17. The Hall–Kier alpha value is -0.780. The average molecular weight is 218 g/mol. The molecule has 0 aliphatic rings. The van der Waals surface area contributed by atoms with E-state index in [-0.39, 0.29) is 5.41 Å². The van der Waals surface area contributed by atoms with Crippen molar-refractivity contribution in [3.8, 4) is 0 Å². The monoisotopic (exact) mass is 218 g/mol. The van der Waals surface area contributed by atoms with Crippen molar-refractivity contribution in [2.24, 2.45) is 0 Å². The molecule has 90 valence electrons. The van der Waals surface area contributed by atoms with E-state index in [2.05, 4.69) is 52.8 Å². The Bertz CT molecular complexity index is 304. The zero-order valence-electron chi connectivity index (χ0n) is 11.6. The molecule has 0 spiro atoms. The Morgan fingerprint density at radius 3 is 1.56 bits per heavy atom. The maximum atomic E-state index is 2.39. The molecule has 0 bridgehead atoms. The van der Waals surface area contributed by atoms with Crippen LogP contribution < -0.4 is 0 Å². The van der Waals surface area contributed by atoms with Gasteiger partial charge >= 0.3 is 0 Å². The summed E-state index contributed by atoms with van der Waals surface area (Å²) in [5, 5.41) is 0. The lowest BCUT2D eigenvalue weighted by Crippen LogP contribution is -2.12. The van der Waals surface area contributed by atoms with E-state index in [0.717, 1.165) is 0 Å². The first-order valence-corrected chi connectivity index (χ1v) is 6.60. The highest BCUT2D eigenvalue weighted by atomic mass is 14.2. The second kappa shape index (κ2) is 5.52. The summed E-state index contributed by atoms with van der Waals surface area (Å²) in [4.78, 5) is 0. The first-order chi connectivity index (χ1) is 7.47. The molecule has 0 aliphatic heterocycles. The zero-order chi connectivity index (χ0) is 12.2. The molecule has 1 aromatic carbocycles. The van der Waals surface area contributed by atoms with Gasteiger partial charge in [0.25, 0.3) is 0 Å². The molecular weight excluding hydrogens is 192 g/mol. The van der Waals surface area contributed by atoms with Crippen LogP contribution in [-0.4, -0.2) is 0 Å². The van der Waals surface area contributed by atoms with Crippen LogP contribution in [0.3, 0.4) is 0 Å². The van der Waals surface area contributed by atoms with Crippen LogP contribution in [0.15, 0.2) is 18.2 Å². The van der Waals surface area contributed by atoms with E-state index in [4.69, 9.17) is 0 Å². The Labute approximate surface area is 101 Å². The third-order valence-electron chi connectivity index (χ3n) is 3.00. The van der Waals surface area contributed by atoms with E-state index in [1.165, 1.54) is 42.4 Å². The number of benzene rings is 1. The van der Waals surface area contributed by atoms with Gasteiger partial charge in [-0.2, -0.15) is 0 Å². The molecule has 0 N–H and O–H groups in total. The maximum Gasteiger partial charge on any atom is -0.0132 e. The first-order valence-electron chi connectivity index (χ1n) is 6.60. The van der Waals surface area contributed by atoms with Gasteiger partial charge in [-0.1, -0.05) is 65.7 Å². The van der Waals surface area contributed by atoms with E-state index < -0.39 is 0 Å². The SMILES string of the molecule is CCCc1cc(CCC)cc(C(C)(C)C)c1. The van der Waals surface area contributed by atoms with E-state index in [0.29, 0.717) is 0 Å². The normalized spacial score (nSPS) is 11.8. The first kappa shape index (κ1) is 13.3. The van der Waals surface area contributed by atoms with Gasteiger partial charge in [-0.25, -0.2) is 0 Å². The lowest BCUT2D eigenvalue weighted by molar-refractivity contribution is 0.588. The van der Waals surface area contributed by atoms with Crippen LogP contribution in [-0.2, 0) is 18.3 Å². The third-order valence-corrected chi connectivity index (χ3v) is 3.00. The number of hydrogen-bond acceptors (Lipinski definition) is 0. The lowest BCUT2D eigenvalue weighted by atomic mass is 9.84. The van der Waals surface area contributed by atoms with E-state index >= 15 is 0 Å². The van der Waals surface area contributed by atoms with Gasteiger partial charge in [-0.3, -0.25) is 0 Å². The fraction of sp³-hybridized carbons (Fsp3) is 0.625. The highest BCUT2D eigenvalue weighted by Crippen LogP contribution is 2.25. The molecule has 0 unspecified atom stereocenters. The van der Waals surface area contributed by atoms with Crippen LogP contribution in [0.4, 0.5) is 0 Å². The highest BCUT2D eigenvalue weighted by Gasteiger charge is 2.14. The fourth-order valence-corrected chi connectivity index (χ4v) is 2.06. The third kappa shape index (κ3) is 3.66. The van der Waals surface area contributed by atoms with Crippen molar-refractivity contribution in [3.63, 3.8) is 0 Å². The number of rotatable bonds is 4. The minimum Gasteiger partial charge on any atom is -0.0651 e. The fourth-order valence-electron chi connectivity index (χ4n) is 2.06. The summed E-state index contributed by atoms with van der Waals surface area (Å²) in [5.41, 5.74) is 4.78. The van der Waals surface area contributed by atoms with E-state index in [9.17, 15) is 0 Å². The quantitative estimate of drug-likeness (QED) is 0.675. The molecule has 1 rings (SSSR count). The molecule has 0 aliphatic carbocycles. The maximum absolute atomic E-state index is 2.39. The van der Waals surface area contributed by atoms with Gasteiger partial charge in [0.05, 0.1) is 0 Å². The van der Waals surface area contributed by atoms with Gasteiger partial charge in [0.1, 0.15) is 0 Å². The van der Waals surface area contributed by atoms with Crippen LogP contribution in [0, 0.1) is 0 Å². The summed E-state index contributed by atoms with van der Waals surface area (Å²) in [5.74, 6) is 0. The van der Waals surface area contributed by atoms with Crippen molar-refractivity contribution in [3.05, 3.63) is 34.9 Å². The van der Waals surface area contributed by atoms with Gasteiger partial charge in [0.15, 0.2) is 0 Å². The van der Waals surface area contributed by atoms with Crippen LogP contribution >= 0.6 is 0 Å². The topological polar surface area (TPSA) is 0 Å². The molecule has 1 aromatic rings. The van der Waals surface area contributed by atoms with Crippen LogP contribution in [0.1, 0.15) is 64.2 Å². The predicted octanol–water partition coefficient (Wildman–Crippen LogP) is 4.89. The summed E-state index contributed by atoms with van der Waals surface area (Å²) in [6, 6.07) is 7.17. The second-order valence-corrected chi connectivity index (χ2v) is 5.79. The smallest absolute Gasteiger partial charge is 0.0132 e. The molecule has 0 aromatic heterocycles. The molecule has 16 heavy (non-hydrogen) atoms. The molecule has 0 amide bonds. The van der Waals surface area contributed by atoms with Gasteiger partial charge < -0.3 is 0 Å². The van der Waals surface area contributed by atoms with Crippen molar-refractivity contribution in [1.29, 1.82) is 0 Å². The summed E-state index contributed by atoms with van der Waals surface area (Å²) >= 11 is 0. The minimum atomic E-state index is 0.270. The van der Waals surface area contributed by atoms with Crippen molar-refractivity contribution in [2.45, 2.75) is 65.7 Å². The summed E-state index contributed by atoms with van der Waals surface area (Å²) in [6.45, 7) is 11.4. The number of hydrogen-bond donors (Lipinski definition) is 0. The minimum absolute atomic E-state index is 0.270. The summed E-state index contributed by atoms with van der Waals surface area (Å²) in [7, 11) is 0. The Kier molecular flexibility index (Phi) is 4.58. The van der Waals surface area contributed by atoms with Gasteiger partial charge in [0, 0.05) is 0 Å². The van der Waals surface area contributed by atoms with Crippen LogP contribution in [0.5, 0.6) is 0 Å². The predicted molar refractivity (Wildman–Crippen MR) is 73.1 cm³/mol. The second-order valence-electron chi connectivity index (χ2n) is 5.79. The molecule has 0 fully saturated rings. The van der Waals surface area contributed by atoms with Crippen molar-refractivity contribution in [2.75, 3.05) is 0 Å². The Morgan fingerprint density at radius 1 is 0.812 bits per heavy atom. The largest absolute Gasteiger partial charge is 0.0651 e.